The highest BCUT2D eigenvalue weighted by atomic mass is 79.9. The van der Waals surface area contributed by atoms with Crippen molar-refractivity contribution in [3.8, 4) is 5.75 Å². The molecule has 0 bridgehead atoms. The molecule has 0 heterocycles. The number of methoxy groups -OCH3 is 1. The van der Waals surface area contributed by atoms with Crippen LogP contribution < -0.4 is 9.46 Å². The molecule has 0 saturated heterocycles. The van der Waals surface area contributed by atoms with Gasteiger partial charge in [-0.15, -0.1) is 0 Å². The Hall–Kier alpha value is -0.240. The van der Waals surface area contributed by atoms with Gasteiger partial charge in [0.15, 0.2) is 0 Å². The lowest BCUT2D eigenvalue weighted by atomic mass is 9.84. The van der Waals surface area contributed by atoms with Crippen LogP contribution in [0.15, 0.2) is 27.6 Å². The Morgan fingerprint density at radius 3 is 2.65 bits per heavy atom. The first kappa shape index (κ1) is 16.1. The van der Waals surface area contributed by atoms with E-state index in [4.69, 9.17) is 4.74 Å². The second kappa shape index (κ2) is 6.25. The van der Waals surface area contributed by atoms with Crippen molar-refractivity contribution in [3.05, 3.63) is 22.7 Å². The maximum Gasteiger partial charge on any atom is 0.244 e. The van der Waals surface area contributed by atoms with Crippen LogP contribution >= 0.6 is 27.7 Å². The maximum atomic E-state index is 12.4. The van der Waals surface area contributed by atoms with Crippen molar-refractivity contribution in [1.29, 1.82) is 0 Å². The largest absolute Gasteiger partial charge is 0.495 e. The fourth-order valence-corrected chi connectivity index (χ4v) is 5.03. The van der Waals surface area contributed by atoms with Gasteiger partial charge >= 0.3 is 0 Å². The van der Waals surface area contributed by atoms with Gasteiger partial charge in [0.1, 0.15) is 10.6 Å². The molecule has 4 nitrogen and oxygen atoms in total. The van der Waals surface area contributed by atoms with Gasteiger partial charge in [-0.2, -0.15) is 11.8 Å². The van der Waals surface area contributed by atoms with Gasteiger partial charge in [0.2, 0.25) is 10.0 Å². The van der Waals surface area contributed by atoms with E-state index < -0.39 is 10.0 Å². The SMILES string of the molecule is COc1ccc(Br)cc1S(=O)(=O)NCC1(SC)CCC1. The molecular weight excluding hydrogens is 362 g/mol. The summed E-state index contributed by atoms with van der Waals surface area (Å²) < 4.78 is 33.5. The number of hydrogen-bond acceptors (Lipinski definition) is 4. The van der Waals surface area contributed by atoms with E-state index >= 15 is 0 Å². The highest BCUT2D eigenvalue weighted by Gasteiger charge is 2.37. The lowest BCUT2D eigenvalue weighted by Gasteiger charge is -2.40. The summed E-state index contributed by atoms with van der Waals surface area (Å²) in [5.41, 5.74) is 0. The third-order valence-electron chi connectivity index (χ3n) is 3.70. The fraction of sp³-hybridized carbons (Fsp3) is 0.538. The van der Waals surface area contributed by atoms with Crippen molar-refractivity contribution in [1.82, 2.24) is 4.72 Å². The average Bonchev–Trinajstić information content (AvgIpc) is 2.38. The Morgan fingerprint density at radius 2 is 2.15 bits per heavy atom. The van der Waals surface area contributed by atoms with Gasteiger partial charge in [-0.3, -0.25) is 0 Å². The van der Waals surface area contributed by atoms with Crippen LogP contribution in [0.25, 0.3) is 0 Å². The van der Waals surface area contributed by atoms with E-state index in [1.54, 1.807) is 30.0 Å². The van der Waals surface area contributed by atoms with Gasteiger partial charge in [0.25, 0.3) is 0 Å². The lowest BCUT2D eigenvalue weighted by molar-refractivity contribution is 0.361. The molecule has 0 spiro atoms. The second-order valence-corrected chi connectivity index (χ2v) is 8.79. The molecule has 0 radical (unpaired) electrons. The number of thioether (sulfide) groups is 1. The summed E-state index contributed by atoms with van der Waals surface area (Å²) in [6.07, 6.45) is 5.33. The Balaban J connectivity index is 2.20. The van der Waals surface area contributed by atoms with Crippen LogP contribution in [-0.4, -0.2) is 33.1 Å². The zero-order valence-corrected chi connectivity index (χ0v) is 14.7. The van der Waals surface area contributed by atoms with Gasteiger partial charge in [0.05, 0.1) is 7.11 Å². The average molecular weight is 380 g/mol. The summed E-state index contributed by atoms with van der Waals surface area (Å²) in [5.74, 6) is 0.354. The van der Waals surface area contributed by atoms with Crippen molar-refractivity contribution in [2.45, 2.75) is 28.9 Å². The summed E-state index contributed by atoms with van der Waals surface area (Å²) in [7, 11) is -2.09. The van der Waals surface area contributed by atoms with Crippen LogP contribution in [0.2, 0.25) is 0 Å². The molecule has 0 atom stereocenters. The summed E-state index contributed by atoms with van der Waals surface area (Å²) in [6, 6.07) is 4.97. The summed E-state index contributed by atoms with van der Waals surface area (Å²) in [4.78, 5) is 0.171. The first-order valence-electron chi connectivity index (χ1n) is 6.31. The van der Waals surface area contributed by atoms with E-state index in [1.165, 1.54) is 13.5 Å². The predicted molar refractivity (Wildman–Crippen MR) is 86.0 cm³/mol. The monoisotopic (exact) mass is 379 g/mol. The number of ether oxygens (including phenoxy) is 1. The first-order chi connectivity index (χ1) is 9.42. The Labute approximate surface area is 132 Å². The minimum Gasteiger partial charge on any atom is -0.495 e. The second-order valence-electron chi connectivity index (χ2n) is 4.86. The number of rotatable bonds is 6. The molecule has 1 fully saturated rings. The minimum atomic E-state index is -3.56. The third kappa shape index (κ3) is 3.32. The van der Waals surface area contributed by atoms with Crippen molar-refractivity contribution < 1.29 is 13.2 Å². The molecule has 20 heavy (non-hydrogen) atoms. The molecule has 0 aliphatic heterocycles. The highest BCUT2D eigenvalue weighted by molar-refractivity contribution is 9.10. The topological polar surface area (TPSA) is 55.4 Å². The van der Waals surface area contributed by atoms with Crippen LogP contribution in [0.4, 0.5) is 0 Å². The lowest BCUT2D eigenvalue weighted by Crippen LogP contribution is -2.45. The van der Waals surface area contributed by atoms with Gasteiger partial charge in [0, 0.05) is 15.8 Å². The molecule has 1 aliphatic rings. The van der Waals surface area contributed by atoms with E-state index in [1.807, 2.05) is 6.26 Å². The van der Waals surface area contributed by atoms with Crippen LogP contribution in [0.5, 0.6) is 5.75 Å². The van der Waals surface area contributed by atoms with Crippen molar-refractivity contribution >= 4 is 37.7 Å². The minimum absolute atomic E-state index is 0.0618. The molecule has 0 aromatic heterocycles. The first-order valence-corrected chi connectivity index (χ1v) is 9.81. The molecule has 1 aromatic rings. The van der Waals surface area contributed by atoms with Crippen molar-refractivity contribution in [2.24, 2.45) is 0 Å². The molecule has 0 unspecified atom stereocenters. The molecular formula is C13H18BrNO3S2. The Bertz CT molecular complexity index is 580. The standard InChI is InChI=1S/C13H18BrNO3S2/c1-18-11-5-4-10(14)8-12(11)20(16,17)15-9-13(19-2)6-3-7-13/h4-5,8,15H,3,6-7,9H2,1-2H3. The Morgan fingerprint density at radius 1 is 1.45 bits per heavy atom. The fourth-order valence-electron chi connectivity index (χ4n) is 2.19. The molecule has 0 amide bonds. The van der Waals surface area contributed by atoms with E-state index in [2.05, 4.69) is 20.7 Å². The smallest absolute Gasteiger partial charge is 0.244 e. The predicted octanol–water partition coefficient (Wildman–Crippen LogP) is 3.02. The molecule has 1 N–H and O–H groups in total. The number of halogens is 1. The summed E-state index contributed by atoms with van der Waals surface area (Å²) >= 11 is 5.04. The molecule has 1 aliphatic carbocycles. The molecule has 1 saturated carbocycles. The van der Waals surface area contributed by atoms with E-state index in [0.717, 1.165) is 12.8 Å². The summed E-state index contributed by atoms with van der Waals surface area (Å²) in [5, 5.41) is 0. The molecule has 112 valence electrons. The number of nitrogens with one attached hydrogen (secondary N) is 1. The van der Waals surface area contributed by atoms with Gasteiger partial charge < -0.3 is 4.74 Å². The normalized spacial score (nSPS) is 17.6. The number of hydrogen-bond donors (Lipinski definition) is 1. The number of benzene rings is 1. The quantitative estimate of drug-likeness (QED) is 0.824. The highest BCUT2D eigenvalue weighted by Crippen LogP contribution is 2.42. The van der Waals surface area contributed by atoms with E-state index in [9.17, 15) is 8.42 Å². The molecule has 1 aromatic carbocycles. The maximum absolute atomic E-state index is 12.4. The van der Waals surface area contributed by atoms with E-state index in [-0.39, 0.29) is 9.64 Å². The Kier molecular flexibility index (Phi) is 5.05. The van der Waals surface area contributed by atoms with Gasteiger partial charge in [-0.25, -0.2) is 13.1 Å². The van der Waals surface area contributed by atoms with Crippen LogP contribution in [0.3, 0.4) is 0 Å². The summed E-state index contributed by atoms with van der Waals surface area (Å²) in [6.45, 7) is 0.464. The van der Waals surface area contributed by atoms with Gasteiger partial charge in [-0.1, -0.05) is 22.4 Å². The van der Waals surface area contributed by atoms with Gasteiger partial charge in [-0.05, 0) is 37.3 Å². The molecule has 7 heteroatoms. The van der Waals surface area contributed by atoms with Crippen LogP contribution in [0, 0.1) is 0 Å². The number of sulfonamides is 1. The molecule has 2 rings (SSSR count). The van der Waals surface area contributed by atoms with Crippen molar-refractivity contribution in [2.75, 3.05) is 19.9 Å². The van der Waals surface area contributed by atoms with E-state index in [0.29, 0.717) is 16.8 Å². The third-order valence-corrected chi connectivity index (χ3v) is 7.03. The van der Waals surface area contributed by atoms with Crippen LogP contribution in [0.1, 0.15) is 19.3 Å². The van der Waals surface area contributed by atoms with Crippen molar-refractivity contribution in [3.63, 3.8) is 0 Å². The zero-order valence-electron chi connectivity index (χ0n) is 11.5. The van der Waals surface area contributed by atoms with Crippen LogP contribution in [-0.2, 0) is 10.0 Å². The zero-order chi connectivity index (χ0) is 14.8.